The van der Waals surface area contributed by atoms with Crippen molar-refractivity contribution in [2.75, 3.05) is 0 Å². The van der Waals surface area contributed by atoms with Crippen molar-refractivity contribution in [3.8, 4) is 11.3 Å². The van der Waals surface area contributed by atoms with Crippen LogP contribution in [0.3, 0.4) is 0 Å². The summed E-state index contributed by atoms with van der Waals surface area (Å²) in [6, 6.07) is 7.14. The molecule has 0 fully saturated rings. The first-order valence-corrected chi connectivity index (χ1v) is 4.74. The molecule has 1 aromatic carbocycles. The monoisotopic (exact) mass is 221 g/mol. The third kappa shape index (κ3) is 1.89. The van der Waals surface area contributed by atoms with E-state index in [0.717, 1.165) is 5.56 Å². The van der Waals surface area contributed by atoms with Gasteiger partial charge in [-0.1, -0.05) is 23.7 Å². The van der Waals surface area contributed by atoms with E-state index in [-0.39, 0.29) is 5.78 Å². The maximum Gasteiger partial charge on any atom is 0.182 e. The number of carbonyl (C=O) groups excluding carboxylic acids is 1. The smallest absolute Gasteiger partial charge is 0.182 e. The molecule has 1 aromatic heterocycles. The predicted molar refractivity (Wildman–Crippen MR) is 56.8 cm³/mol. The minimum Gasteiger partial charge on any atom is -0.293 e. The van der Waals surface area contributed by atoms with Gasteiger partial charge in [0.15, 0.2) is 11.5 Å². The van der Waals surface area contributed by atoms with Gasteiger partial charge in [-0.2, -0.15) is 15.4 Å². The van der Waals surface area contributed by atoms with Crippen LogP contribution in [0.4, 0.5) is 0 Å². The number of aromatic nitrogens is 3. The van der Waals surface area contributed by atoms with Crippen LogP contribution in [0.15, 0.2) is 24.3 Å². The van der Waals surface area contributed by atoms with Crippen LogP contribution in [-0.4, -0.2) is 21.2 Å². The van der Waals surface area contributed by atoms with Gasteiger partial charge in [0.2, 0.25) is 0 Å². The lowest BCUT2D eigenvalue weighted by molar-refractivity contribution is 0.101. The van der Waals surface area contributed by atoms with E-state index < -0.39 is 0 Å². The molecule has 0 radical (unpaired) electrons. The van der Waals surface area contributed by atoms with Gasteiger partial charge in [-0.25, -0.2) is 0 Å². The standard InChI is InChI=1S/C10H8ClN3O/c1-6(15)9-10(13-14-12-9)7-3-2-4-8(11)5-7/h2-5H,1H3,(H,12,13,14). The Bertz CT molecular complexity index is 507. The quantitative estimate of drug-likeness (QED) is 0.792. The number of aromatic amines is 1. The molecule has 0 amide bonds. The summed E-state index contributed by atoms with van der Waals surface area (Å²) in [6.45, 7) is 1.45. The van der Waals surface area contributed by atoms with Gasteiger partial charge in [0.25, 0.3) is 0 Å². The van der Waals surface area contributed by atoms with E-state index in [4.69, 9.17) is 11.6 Å². The van der Waals surface area contributed by atoms with Crippen LogP contribution in [0.1, 0.15) is 17.4 Å². The number of hydrogen-bond donors (Lipinski definition) is 1. The van der Waals surface area contributed by atoms with E-state index in [1.165, 1.54) is 6.92 Å². The number of nitrogens with one attached hydrogen (secondary N) is 1. The minimum absolute atomic E-state index is 0.126. The van der Waals surface area contributed by atoms with Crippen LogP contribution < -0.4 is 0 Å². The maximum atomic E-state index is 11.2. The molecule has 0 aliphatic rings. The molecule has 15 heavy (non-hydrogen) atoms. The summed E-state index contributed by atoms with van der Waals surface area (Å²) in [5, 5.41) is 10.8. The largest absolute Gasteiger partial charge is 0.293 e. The summed E-state index contributed by atoms with van der Waals surface area (Å²) in [5.41, 5.74) is 1.64. The summed E-state index contributed by atoms with van der Waals surface area (Å²) in [4.78, 5) is 11.2. The minimum atomic E-state index is -0.126. The van der Waals surface area contributed by atoms with Gasteiger partial charge in [-0.15, -0.1) is 0 Å². The number of halogens is 1. The zero-order valence-electron chi connectivity index (χ0n) is 7.99. The molecule has 0 aliphatic carbocycles. The molecule has 0 saturated carbocycles. The maximum absolute atomic E-state index is 11.2. The van der Waals surface area contributed by atoms with Gasteiger partial charge < -0.3 is 0 Å². The Labute approximate surface area is 91.3 Å². The number of nitrogens with zero attached hydrogens (tertiary/aromatic N) is 2. The topological polar surface area (TPSA) is 58.6 Å². The summed E-state index contributed by atoms with van der Waals surface area (Å²) in [6.07, 6.45) is 0. The molecule has 5 heteroatoms. The lowest BCUT2D eigenvalue weighted by Gasteiger charge is -1.98. The zero-order chi connectivity index (χ0) is 10.8. The molecule has 2 rings (SSSR count). The average molecular weight is 222 g/mol. The molecule has 1 heterocycles. The van der Waals surface area contributed by atoms with Gasteiger partial charge in [-0.05, 0) is 12.1 Å². The molecule has 4 nitrogen and oxygen atoms in total. The number of carbonyl (C=O) groups is 1. The fraction of sp³-hybridized carbons (Fsp3) is 0.100. The Morgan fingerprint density at radius 2 is 2.20 bits per heavy atom. The Morgan fingerprint density at radius 3 is 2.87 bits per heavy atom. The van der Waals surface area contributed by atoms with Crippen molar-refractivity contribution in [2.45, 2.75) is 6.92 Å². The average Bonchev–Trinajstić information content (AvgIpc) is 2.65. The first-order valence-electron chi connectivity index (χ1n) is 4.36. The second kappa shape index (κ2) is 3.82. The lowest BCUT2D eigenvalue weighted by atomic mass is 10.1. The lowest BCUT2D eigenvalue weighted by Crippen LogP contribution is -1.95. The Hall–Kier alpha value is -1.68. The van der Waals surface area contributed by atoms with E-state index in [1.54, 1.807) is 18.2 Å². The number of hydrogen-bond acceptors (Lipinski definition) is 3. The van der Waals surface area contributed by atoms with Gasteiger partial charge in [0.05, 0.1) is 0 Å². The van der Waals surface area contributed by atoms with Crippen LogP contribution in [0.2, 0.25) is 5.02 Å². The van der Waals surface area contributed by atoms with Crippen LogP contribution in [0, 0.1) is 0 Å². The van der Waals surface area contributed by atoms with Crippen molar-refractivity contribution in [3.63, 3.8) is 0 Å². The summed E-state index contributed by atoms with van der Waals surface area (Å²) < 4.78 is 0. The molecule has 0 aliphatic heterocycles. The molecule has 0 unspecified atom stereocenters. The van der Waals surface area contributed by atoms with E-state index in [0.29, 0.717) is 16.4 Å². The Balaban J connectivity index is 2.54. The number of H-pyrrole nitrogens is 1. The normalized spacial score (nSPS) is 10.3. The fourth-order valence-electron chi connectivity index (χ4n) is 1.31. The van der Waals surface area contributed by atoms with E-state index in [2.05, 4.69) is 15.4 Å². The number of benzene rings is 1. The van der Waals surface area contributed by atoms with Gasteiger partial charge in [-0.3, -0.25) is 4.79 Å². The van der Waals surface area contributed by atoms with Crippen molar-refractivity contribution in [2.24, 2.45) is 0 Å². The zero-order valence-corrected chi connectivity index (χ0v) is 8.75. The molecule has 76 valence electrons. The molecular weight excluding hydrogens is 214 g/mol. The molecule has 0 saturated heterocycles. The highest BCUT2D eigenvalue weighted by molar-refractivity contribution is 6.30. The first-order chi connectivity index (χ1) is 7.18. The molecule has 1 N–H and O–H groups in total. The van der Waals surface area contributed by atoms with Gasteiger partial charge in [0.1, 0.15) is 5.69 Å². The second-order valence-corrected chi connectivity index (χ2v) is 3.52. The molecule has 0 spiro atoms. The molecular formula is C10H8ClN3O. The summed E-state index contributed by atoms with van der Waals surface area (Å²) in [7, 11) is 0. The van der Waals surface area contributed by atoms with Crippen molar-refractivity contribution in [3.05, 3.63) is 35.0 Å². The van der Waals surface area contributed by atoms with Crippen LogP contribution in [-0.2, 0) is 0 Å². The van der Waals surface area contributed by atoms with E-state index >= 15 is 0 Å². The van der Waals surface area contributed by atoms with Gasteiger partial charge >= 0.3 is 0 Å². The summed E-state index contributed by atoms with van der Waals surface area (Å²) in [5.74, 6) is -0.126. The Morgan fingerprint density at radius 1 is 1.40 bits per heavy atom. The SMILES string of the molecule is CC(=O)c1n[nH]nc1-c1cccc(Cl)c1. The van der Waals surface area contributed by atoms with Crippen molar-refractivity contribution in [1.82, 2.24) is 15.4 Å². The third-order valence-corrected chi connectivity index (χ3v) is 2.21. The van der Waals surface area contributed by atoms with Crippen molar-refractivity contribution < 1.29 is 4.79 Å². The van der Waals surface area contributed by atoms with Crippen molar-refractivity contribution >= 4 is 17.4 Å². The second-order valence-electron chi connectivity index (χ2n) is 3.09. The predicted octanol–water partition coefficient (Wildman–Crippen LogP) is 2.33. The van der Waals surface area contributed by atoms with Crippen LogP contribution in [0.25, 0.3) is 11.3 Å². The third-order valence-electron chi connectivity index (χ3n) is 1.98. The molecule has 2 aromatic rings. The van der Waals surface area contributed by atoms with Crippen LogP contribution >= 0.6 is 11.6 Å². The summed E-state index contributed by atoms with van der Waals surface area (Å²) >= 11 is 5.85. The van der Waals surface area contributed by atoms with E-state index in [1.807, 2.05) is 6.07 Å². The van der Waals surface area contributed by atoms with Gasteiger partial charge in [0, 0.05) is 17.5 Å². The highest BCUT2D eigenvalue weighted by Gasteiger charge is 2.13. The van der Waals surface area contributed by atoms with Crippen LogP contribution in [0.5, 0.6) is 0 Å². The van der Waals surface area contributed by atoms with Crippen molar-refractivity contribution in [1.29, 1.82) is 0 Å². The molecule has 0 atom stereocenters. The molecule has 0 bridgehead atoms. The number of rotatable bonds is 2. The first kappa shape index (κ1) is 9.86. The fourth-order valence-corrected chi connectivity index (χ4v) is 1.50. The number of ketones is 1. The Kier molecular flexibility index (Phi) is 2.51. The van der Waals surface area contributed by atoms with E-state index in [9.17, 15) is 4.79 Å². The highest BCUT2D eigenvalue weighted by atomic mass is 35.5. The highest BCUT2D eigenvalue weighted by Crippen LogP contribution is 2.22. The number of Topliss-reactive ketones (excluding diaryl/α,β-unsaturated/α-hetero) is 1.